The van der Waals surface area contributed by atoms with Gasteiger partial charge in [-0.3, -0.25) is 9.36 Å². The number of para-hydroxylation sites is 2. The Kier molecular flexibility index (Phi) is 4.30. The molecule has 5 heterocycles. The Bertz CT molecular complexity index is 1170. The molecule has 1 aromatic heterocycles. The topological polar surface area (TPSA) is 70.7 Å². The van der Waals surface area contributed by atoms with E-state index in [9.17, 15) is 9.59 Å². The molecule has 1 amide bonds. The maximum atomic E-state index is 13.2. The van der Waals surface area contributed by atoms with Crippen molar-refractivity contribution in [3.8, 4) is 0 Å². The molecule has 160 valence electrons. The molecule has 3 aromatic rings. The molecule has 7 rings (SSSR count). The molecule has 7 nitrogen and oxygen atoms in total. The molecule has 0 saturated carbocycles. The minimum atomic E-state index is -0.492. The number of amides is 1. The van der Waals surface area contributed by atoms with Crippen LogP contribution < -0.4 is 11.1 Å². The molecule has 4 aliphatic rings. The number of hydrogen-bond acceptors (Lipinski definition) is 5. The Labute approximate surface area is 180 Å². The van der Waals surface area contributed by atoms with E-state index >= 15 is 0 Å². The fourth-order valence-corrected chi connectivity index (χ4v) is 6.09. The van der Waals surface area contributed by atoms with Crippen molar-refractivity contribution in [1.29, 1.82) is 0 Å². The number of fused-ring (bicyclic) bond motifs is 2. The molecule has 4 bridgehead atoms. The molecule has 4 saturated heterocycles. The van der Waals surface area contributed by atoms with Gasteiger partial charge in [0.1, 0.15) is 6.54 Å². The summed E-state index contributed by atoms with van der Waals surface area (Å²) in [7, 11) is 0. The first-order valence-corrected chi connectivity index (χ1v) is 11.0. The number of rotatable bonds is 4. The predicted molar refractivity (Wildman–Crippen MR) is 117 cm³/mol. The molecule has 0 spiro atoms. The van der Waals surface area contributed by atoms with Gasteiger partial charge in [-0.1, -0.05) is 42.5 Å². The fourth-order valence-electron chi connectivity index (χ4n) is 6.09. The van der Waals surface area contributed by atoms with Crippen LogP contribution in [0.15, 0.2) is 63.8 Å². The second-order valence-corrected chi connectivity index (χ2v) is 9.22. The Morgan fingerprint density at radius 2 is 1.68 bits per heavy atom. The van der Waals surface area contributed by atoms with Gasteiger partial charge in [-0.15, -0.1) is 0 Å². The highest BCUT2D eigenvalue weighted by Gasteiger charge is 2.55. The van der Waals surface area contributed by atoms with Crippen LogP contribution in [0.5, 0.6) is 0 Å². The van der Waals surface area contributed by atoms with Gasteiger partial charge in [-0.2, -0.15) is 0 Å². The molecular formula is C24H26N4O3. The minimum absolute atomic E-state index is 0.0304. The van der Waals surface area contributed by atoms with Gasteiger partial charge in [0, 0.05) is 56.6 Å². The minimum Gasteiger partial charge on any atom is -0.408 e. The highest BCUT2D eigenvalue weighted by Crippen LogP contribution is 2.43. The second-order valence-electron chi connectivity index (χ2n) is 9.22. The van der Waals surface area contributed by atoms with Crippen molar-refractivity contribution >= 4 is 17.0 Å². The molecule has 1 N–H and O–H groups in total. The van der Waals surface area contributed by atoms with E-state index in [0.717, 1.165) is 39.3 Å². The largest absolute Gasteiger partial charge is 0.420 e. The fraction of sp³-hybridized carbons (Fsp3) is 0.417. The third kappa shape index (κ3) is 3.03. The number of oxazole rings is 1. The van der Waals surface area contributed by atoms with Crippen LogP contribution in [0.1, 0.15) is 5.56 Å². The summed E-state index contributed by atoms with van der Waals surface area (Å²) in [5, 5.41) is 3.37. The average Bonchev–Trinajstić information content (AvgIpc) is 2.90. The lowest BCUT2D eigenvalue weighted by Crippen LogP contribution is -2.70. The number of nitrogens with one attached hydrogen (secondary N) is 1. The molecule has 2 aromatic carbocycles. The van der Waals surface area contributed by atoms with E-state index in [4.69, 9.17) is 4.42 Å². The molecule has 4 fully saturated rings. The summed E-state index contributed by atoms with van der Waals surface area (Å²) in [6, 6.07) is 17.9. The van der Waals surface area contributed by atoms with E-state index in [-0.39, 0.29) is 23.9 Å². The predicted octanol–water partition coefficient (Wildman–Crippen LogP) is 1.28. The first-order chi connectivity index (χ1) is 15.1. The smallest absolute Gasteiger partial charge is 0.408 e. The SMILES string of the molecule is O=C(Cn1c(=O)oc2ccccc21)NC1C2CN3CCN(C2)CC1(c1ccccc1)C3. The normalized spacial score (nSPS) is 31.6. The van der Waals surface area contributed by atoms with Crippen molar-refractivity contribution < 1.29 is 9.21 Å². The summed E-state index contributed by atoms with van der Waals surface area (Å²) in [6.07, 6.45) is 0. The van der Waals surface area contributed by atoms with E-state index in [1.54, 1.807) is 6.07 Å². The molecule has 7 heteroatoms. The van der Waals surface area contributed by atoms with E-state index < -0.39 is 5.76 Å². The number of carbonyl (C=O) groups excluding carboxylic acids is 1. The van der Waals surface area contributed by atoms with E-state index in [0.29, 0.717) is 17.0 Å². The molecule has 3 unspecified atom stereocenters. The second kappa shape index (κ2) is 7.07. The third-order valence-electron chi connectivity index (χ3n) is 7.34. The van der Waals surface area contributed by atoms with Crippen molar-refractivity contribution in [2.24, 2.45) is 5.92 Å². The van der Waals surface area contributed by atoms with Crippen LogP contribution >= 0.6 is 0 Å². The number of nitrogens with zero attached hydrogens (tertiary/aromatic N) is 3. The van der Waals surface area contributed by atoms with Crippen LogP contribution in [0.25, 0.3) is 11.1 Å². The molecule has 0 radical (unpaired) electrons. The van der Waals surface area contributed by atoms with Crippen LogP contribution in [0.3, 0.4) is 0 Å². The summed E-state index contributed by atoms with van der Waals surface area (Å²) in [5.41, 5.74) is 2.30. The Balaban J connectivity index is 1.33. The van der Waals surface area contributed by atoms with Crippen molar-refractivity contribution in [2.75, 3.05) is 39.3 Å². The number of piperidine rings is 2. The molecule has 4 aliphatic heterocycles. The van der Waals surface area contributed by atoms with Gasteiger partial charge < -0.3 is 19.5 Å². The van der Waals surface area contributed by atoms with Gasteiger partial charge in [0.05, 0.1) is 5.52 Å². The lowest BCUT2D eigenvalue weighted by atomic mass is 9.64. The summed E-state index contributed by atoms with van der Waals surface area (Å²) in [6.45, 7) is 6.05. The van der Waals surface area contributed by atoms with Gasteiger partial charge in [0.2, 0.25) is 5.91 Å². The van der Waals surface area contributed by atoms with Gasteiger partial charge in [0.25, 0.3) is 0 Å². The van der Waals surface area contributed by atoms with E-state index in [2.05, 4.69) is 39.4 Å². The highest BCUT2D eigenvalue weighted by molar-refractivity contribution is 5.80. The van der Waals surface area contributed by atoms with Gasteiger partial charge in [-0.05, 0) is 17.7 Å². The molecular weight excluding hydrogens is 392 g/mol. The standard InChI is InChI=1S/C24H26N4O3/c29-21(14-28-19-8-4-5-9-20(19)31-23(28)30)25-22-17-12-26-10-11-27(13-17)16-24(22,15-26)18-6-2-1-3-7-18/h1-9,17,22H,10-16H2,(H,25,29). The van der Waals surface area contributed by atoms with Crippen molar-refractivity contribution in [3.05, 3.63) is 70.7 Å². The maximum Gasteiger partial charge on any atom is 0.420 e. The average molecular weight is 418 g/mol. The maximum absolute atomic E-state index is 13.2. The Morgan fingerprint density at radius 3 is 2.42 bits per heavy atom. The number of aromatic nitrogens is 1. The summed E-state index contributed by atoms with van der Waals surface area (Å²) in [5.74, 6) is -0.259. The summed E-state index contributed by atoms with van der Waals surface area (Å²) >= 11 is 0. The van der Waals surface area contributed by atoms with E-state index in [1.807, 2.05) is 24.3 Å². The molecule has 3 atom stereocenters. The van der Waals surface area contributed by atoms with Crippen LogP contribution in [-0.4, -0.2) is 65.6 Å². The first-order valence-electron chi connectivity index (χ1n) is 11.0. The van der Waals surface area contributed by atoms with Crippen LogP contribution in [0.4, 0.5) is 0 Å². The number of carbonyl (C=O) groups is 1. The van der Waals surface area contributed by atoms with Crippen LogP contribution in [0, 0.1) is 5.92 Å². The number of hydrogen-bond donors (Lipinski definition) is 1. The first kappa shape index (κ1) is 18.8. The zero-order chi connectivity index (χ0) is 21.0. The summed E-state index contributed by atoms with van der Waals surface area (Å²) < 4.78 is 6.73. The lowest BCUT2D eigenvalue weighted by Gasteiger charge is -2.55. The van der Waals surface area contributed by atoms with Crippen molar-refractivity contribution in [3.63, 3.8) is 0 Å². The zero-order valence-corrected chi connectivity index (χ0v) is 17.4. The monoisotopic (exact) mass is 418 g/mol. The lowest BCUT2D eigenvalue weighted by molar-refractivity contribution is -0.125. The van der Waals surface area contributed by atoms with Crippen molar-refractivity contribution in [1.82, 2.24) is 19.7 Å². The third-order valence-corrected chi connectivity index (χ3v) is 7.34. The quantitative estimate of drug-likeness (QED) is 0.691. The van der Waals surface area contributed by atoms with Gasteiger partial charge in [-0.25, -0.2) is 4.79 Å². The zero-order valence-electron chi connectivity index (χ0n) is 17.4. The van der Waals surface area contributed by atoms with E-state index in [1.165, 1.54) is 10.1 Å². The van der Waals surface area contributed by atoms with Crippen molar-refractivity contribution in [2.45, 2.75) is 18.0 Å². The summed E-state index contributed by atoms with van der Waals surface area (Å²) in [4.78, 5) is 30.7. The Hall–Kier alpha value is -2.90. The highest BCUT2D eigenvalue weighted by atomic mass is 16.4. The Morgan fingerprint density at radius 1 is 1.00 bits per heavy atom. The van der Waals surface area contributed by atoms with Crippen LogP contribution in [-0.2, 0) is 16.8 Å². The van der Waals surface area contributed by atoms with Gasteiger partial charge in [0.15, 0.2) is 5.58 Å². The number of benzene rings is 2. The molecule has 0 aliphatic carbocycles. The van der Waals surface area contributed by atoms with Gasteiger partial charge >= 0.3 is 5.76 Å². The molecule has 31 heavy (non-hydrogen) atoms. The van der Waals surface area contributed by atoms with Crippen LogP contribution in [0.2, 0.25) is 0 Å².